The molecule has 0 radical (unpaired) electrons. The molecule has 1 N–H and O–H groups in total. The molecule has 1 aromatic rings. The molecule has 5 heteroatoms. The van der Waals surface area contributed by atoms with Gasteiger partial charge in [-0.25, -0.2) is 0 Å². The van der Waals surface area contributed by atoms with Crippen LogP contribution in [0.25, 0.3) is 0 Å². The van der Waals surface area contributed by atoms with Crippen molar-refractivity contribution in [2.75, 3.05) is 32.7 Å². The smallest absolute Gasteiger partial charge is 0.317 e. The lowest BCUT2D eigenvalue weighted by molar-refractivity contribution is -0.138. The van der Waals surface area contributed by atoms with Gasteiger partial charge in [0.15, 0.2) is 0 Å². The molecule has 19 heavy (non-hydrogen) atoms. The van der Waals surface area contributed by atoms with Crippen LogP contribution in [0.5, 0.6) is 0 Å². The molecular formula is C14H17N3O2. The first kappa shape index (κ1) is 13.5. The van der Waals surface area contributed by atoms with Crippen LogP contribution in [-0.4, -0.2) is 53.6 Å². The van der Waals surface area contributed by atoms with Crippen LogP contribution < -0.4 is 0 Å². The van der Waals surface area contributed by atoms with Crippen molar-refractivity contribution in [2.24, 2.45) is 0 Å². The Morgan fingerprint density at radius 3 is 2.47 bits per heavy atom. The molecule has 1 aliphatic rings. The molecule has 0 saturated carbocycles. The number of piperazine rings is 1. The topological polar surface area (TPSA) is 67.6 Å². The third kappa shape index (κ3) is 3.78. The fourth-order valence-corrected chi connectivity index (χ4v) is 2.30. The van der Waals surface area contributed by atoms with E-state index in [1.807, 2.05) is 29.2 Å². The zero-order valence-electron chi connectivity index (χ0n) is 10.7. The van der Waals surface area contributed by atoms with Gasteiger partial charge < -0.3 is 5.11 Å². The lowest BCUT2D eigenvalue weighted by atomic mass is 10.1. The second-order valence-electron chi connectivity index (χ2n) is 4.71. The molecular weight excluding hydrogens is 242 g/mol. The van der Waals surface area contributed by atoms with Gasteiger partial charge in [-0.3, -0.25) is 14.6 Å². The fourth-order valence-electron chi connectivity index (χ4n) is 2.30. The molecule has 0 amide bonds. The second kappa shape index (κ2) is 6.32. The highest BCUT2D eigenvalue weighted by atomic mass is 16.4. The number of nitrogens with zero attached hydrogens (tertiary/aromatic N) is 3. The van der Waals surface area contributed by atoms with Crippen molar-refractivity contribution >= 4 is 5.97 Å². The molecule has 0 unspecified atom stereocenters. The molecule has 0 aromatic heterocycles. The lowest BCUT2D eigenvalue weighted by Gasteiger charge is -2.33. The van der Waals surface area contributed by atoms with E-state index >= 15 is 0 Å². The maximum absolute atomic E-state index is 10.6. The van der Waals surface area contributed by atoms with E-state index in [1.165, 1.54) is 0 Å². The van der Waals surface area contributed by atoms with Crippen LogP contribution in [0.4, 0.5) is 0 Å². The normalized spacial score (nSPS) is 17.0. The predicted molar refractivity (Wildman–Crippen MR) is 70.5 cm³/mol. The van der Waals surface area contributed by atoms with Crippen LogP contribution in [0.1, 0.15) is 11.1 Å². The predicted octanol–water partition coefficient (Wildman–Crippen LogP) is 0.760. The van der Waals surface area contributed by atoms with Gasteiger partial charge in [0.2, 0.25) is 0 Å². The van der Waals surface area contributed by atoms with Crippen molar-refractivity contribution in [3.63, 3.8) is 0 Å². The minimum absolute atomic E-state index is 0.114. The zero-order valence-corrected chi connectivity index (χ0v) is 10.7. The van der Waals surface area contributed by atoms with Gasteiger partial charge in [-0.05, 0) is 11.6 Å². The summed E-state index contributed by atoms with van der Waals surface area (Å²) in [5, 5.41) is 17.8. The molecule has 0 aliphatic carbocycles. The third-order valence-electron chi connectivity index (χ3n) is 3.36. The number of benzene rings is 1. The van der Waals surface area contributed by atoms with Crippen LogP contribution in [0.15, 0.2) is 24.3 Å². The SMILES string of the molecule is N#Cc1ccccc1CN1CCN(CC(=O)O)CC1. The second-order valence-corrected chi connectivity index (χ2v) is 4.71. The summed E-state index contributed by atoms with van der Waals surface area (Å²) in [6, 6.07) is 9.82. The number of carboxylic acids is 1. The first-order chi connectivity index (χ1) is 9.19. The van der Waals surface area contributed by atoms with Gasteiger partial charge in [-0.1, -0.05) is 18.2 Å². The van der Waals surface area contributed by atoms with E-state index in [-0.39, 0.29) is 6.54 Å². The Kier molecular flexibility index (Phi) is 4.50. The van der Waals surface area contributed by atoms with E-state index in [1.54, 1.807) is 0 Å². The summed E-state index contributed by atoms with van der Waals surface area (Å²) in [5.74, 6) is -0.775. The Morgan fingerprint density at radius 1 is 1.21 bits per heavy atom. The van der Waals surface area contributed by atoms with Crippen molar-refractivity contribution in [1.29, 1.82) is 5.26 Å². The van der Waals surface area contributed by atoms with Gasteiger partial charge in [-0.15, -0.1) is 0 Å². The third-order valence-corrected chi connectivity index (χ3v) is 3.36. The first-order valence-electron chi connectivity index (χ1n) is 6.33. The Hall–Kier alpha value is -1.90. The first-order valence-corrected chi connectivity index (χ1v) is 6.33. The average molecular weight is 259 g/mol. The van der Waals surface area contributed by atoms with Gasteiger partial charge in [-0.2, -0.15) is 5.26 Å². The molecule has 0 bridgehead atoms. The Bertz CT molecular complexity index is 488. The van der Waals surface area contributed by atoms with Crippen molar-refractivity contribution in [3.8, 4) is 6.07 Å². The molecule has 1 fully saturated rings. The van der Waals surface area contributed by atoms with Gasteiger partial charge in [0.05, 0.1) is 18.2 Å². The number of aliphatic carboxylic acids is 1. The summed E-state index contributed by atoms with van der Waals surface area (Å²) in [4.78, 5) is 14.8. The lowest BCUT2D eigenvalue weighted by Crippen LogP contribution is -2.47. The molecule has 1 heterocycles. The molecule has 0 spiro atoms. The van der Waals surface area contributed by atoms with Crippen molar-refractivity contribution in [2.45, 2.75) is 6.54 Å². The molecule has 2 rings (SSSR count). The highest BCUT2D eigenvalue weighted by Crippen LogP contribution is 2.12. The summed E-state index contributed by atoms with van der Waals surface area (Å²) in [6.07, 6.45) is 0. The van der Waals surface area contributed by atoms with Crippen LogP contribution in [0.3, 0.4) is 0 Å². The maximum atomic E-state index is 10.6. The van der Waals surface area contributed by atoms with E-state index in [9.17, 15) is 4.79 Å². The number of hydrogen-bond donors (Lipinski definition) is 1. The zero-order chi connectivity index (χ0) is 13.7. The van der Waals surface area contributed by atoms with E-state index in [4.69, 9.17) is 10.4 Å². The van der Waals surface area contributed by atoms with Gasteiger partial charge in [0.25, 0.3) is 0 Å². The van der Waals surface area contributed by atoms with Crippen LogP contribution in [0.2, 0.25) is 0 Å². The quantitative estimate of drug-likeness (QED) is 0.864. The van der Waals surface area contributed by atoms with E-state index in [0.29, 0.717) is 0 Å². The Labute approximate surface area is 112 Å². The number of rotatable bonds is 4. The van der Waals surface area contributed by atoms with Crippen LogP contribution in [0, 0.1) is 11.3 Å². The van der Waals surface area contributed by atoms with Crippen LogP contribution >= 0.6 is 0 Å². The highest BCUT2D eigenvalue weighted by Gasteiger charge is 2.19. The molecule has 1 saturated heterocycles. The number of carbonyl (C=O) groups is 1. The van der Waals surface area contributed by atoms with Crippen molar-refractivity contribution < 1.29 is 9.90 Å². The average Bonchev–Trinajstić information content (AvgIpc) is 2.41. The van der Waals surface area contributed by atoms with E-state index in [2.05, 4.69) is 11.0 Å². The summed E-state index contributed by atoms with van der Waals surface area (Å²) in [7, 11) is 0. The largest absolute Gasteiger partial charge is 0.480 e. The Morgan fingerprint density at radius 2 is 1.84 bits per heavy atom. The summed E-state index contributed by atoms with van der Waals surface area (Å²) < 4.78 is 0. The van der Waals surface area contributed by atoms with E-state index < -0.39 is 5.97 Å². The van der Waals surface area contributed by atoms with Crippen molar-refractivity contribution in [3.05, 3.63) is 35.4 Å². The van der Waals surface area contributed by atoms with Gasteiger partial charge >= 0.3 is 5.97 Å². The fraction of sp³-hybridized carbons (Fsp3) is 0.429. The number of hydrogen-bond acceptors (Lipinski definition) is 4. The minimum atomic E-state index is -0.775. The molecule has 100 valence electrons. The highest BCUT2D eigenvalue weighted by molar-refractivity contribution is 5.69. The minimum Gasteiger partial charge on any atom is -0.480 e. The summed E-state index contributed by atoms with van der Waals surface area (Å²) >= 11 is 0. The number of carboxylic acid groups (broad SMARTS) is 1. The summed E-state index contributed by atoms with van der Waals surface area (Å²) in [5.41, 5.74) is 1.76. The van der Waals surface area contributed by atoms with Gasteiger partial charge in [0.1, 0.15) is 0 Å². The van der Waals surface area contributed by atoms with Crippen molar-refractivity contribution in [1.82, 2.24) is 9.80 Å². The number of nitriles is 1. The monoisotopic (exact) mass is 259 g/mol. The summed E-state index contributed by atoms with van der Waals surface area (Å²) in [6.45, 7) is 4.08. The van der Waals surface area contributed by atoms with Gasteiger partial charge in [0, 0.05) is 32.7 Å². The maximum Gasteiger partial charge on any atom is 0.317 e. The molecule has 5 nitrogen and oxygen atoms in total. The van der Waals surface area contributed by atoms with E-state index in [0.717, 1.165) is 43.9 Å². The van der Waals surface area contributed by atoms with Crippen LogP contribution in [-0.2, 0) is 11.3 Å². The molecule has 0 atom stereocenters. The Balaban J connectivity index is 1.89. The standard InChI is InChI=1S/C14H17N3O2/c15-9-12-3-1-2-4-13(12)10-16-5-7-17(8-6-16)11-14(18)19/h1-4H,5-8,10-11H2,(H,18,19). The molecule has 1 aliphatic heterocycles. The molecule has 1 aromatic carbocycles.